The summed E-state index contributed by atoms with van der Waals surface area (Å²) in [4.78, 5) is 8.96. The summed E-state index contributed by atoms with van der Waals surface area (Å²) < 4.78 is 0. The second kappa shape index (κ2) is 5.15. The molecule has 1 aromatic heterocycles. The Labute approximate surface area is 101 Å². The van der Waals surface area contributed by atoms with Crippen LogP contribution in [-0.2, 0) is 0 Å². The highest BCUT2D eigenvalue weighted by atomic mass is 32.2. The van der Waals surface area contributed by atoms with Gasteiger partial charge in [-0.15, -0.1) is 11.8 Å². The van der Waals surface area contributed by atoms with Gasteiger partial charge in [0.2, 0.25) is 0 Å². The number of nitrogens with one attached hydrogen (secondary N) is 1. The van der Waals surface area contributed by atoms with Crippen molar-refractivity contribution in [2.45, 2.75) is 31.9 Å². The molecule has 1 aromatic rings. The molecule has 0 aliphatic carbocycles. The molecule has 2 heterocycles. The lowest BCUT2D eigenvalue weighted by atomic mass is 10.0. The Morgan fingerprint density at radius 3 is 2.94 bits per heavy atom. The molecule has 3 nitrogen and oxygen atoms in total. The van der Waals surface area contributed by atoms with Crippen LogP contribution >= 0.6 is 11.8 Å². The summed E-state index contributed by atoms with van der Waals surface area (Å²) in [6.07, 6.45) is 2.00. The molecule has 88 valence electrons. The van der Waals surface area contributed by atoms with E-state index in [1.165, 1.54) is 17.0 Å². The minimum atomic E-state index is 0.493. The average Bonchev–Trinajstić information content (AvgIpc) is 2.29. The molecule has 2 rings (SSSR count). The van der Waals surface area contributed by atoms with Gasteiger partial charge in [0.15, 0.2) is 0 Å². The van der Waals surface area contributed by atoms with E-state index in [9.17, 15) is 0 Å². The molecule has 1 saturated heterocycles. The van der Waals surface area contributed by atoms with Crippen LogP contribution in [0.25, 0.3) is 0 Å². The molecule has 16 heavy (non-hydrogen) atoms. The molecule has 0 bridgehead atoms. The number of nitrogens with zero attached hydrogens (tertiary/aromatic N) is 2. The van der Waals surface area contributed by atoms with Gasteiger partial charge in [-0.25, -0.2) is 9.97 Å². The van der Waals surface area contributed by atoms with Crippen molar-refractivity contribution >= 4 is 11.8 Å². The first-order chi connectivity index (χ1) is 7.68. The van der Waals surface area contributed by atoms with E-state index in [4.69, 9.17) is 0 Å². The van der Waals surface area contributed by atoms with Crippen LogP contribution < -0.4 is 5.32 Å². The summed E-state index contributed by atoms with van der Waals surface area (Å²) >= 11 is 2.00. The Hall–Kier alpha value is -0.610. The molecule has 1 aliphatic rings. The van der Waals surface area contributed by atoms with Crippen molar-refractivity contribution in [3.05, 3.63) is 23.3 Å². The van der Waals surface area contributed by atoms with Gasteiger partial charge in [0.1, 0.15) is 5.82 Å². The van der Waals surface area contributed by atoms with Crippen molar-refractivity contribution in [3.63, 3.8) is 0 Å². The number of aromatic nitrogens is 2. The normalized spacial score (nSPS) is 21.4. The van der Waals surface area contributed by atoms with E-state index in [-0.39, 0.29) is 0 Å². The maximum atomic E-state index is 4.65. The lowest BCUT2D eigenvalue weighted by Gasteiger charge is -2.24. The van der Waals surface area contributed by atoms with Gasteiger partial charge in [-0.3, -0.25) is 0 Å². The van der Waals surface area contributed by atoms with E-state index in [1.807, 2.05) is 24.9 Å². The molecule has 0 amide bonds. The minimum Gasteiger partial charge on any atom is -0.314 e. The van der Waals surface area contributed by atoms with E-state index in [1.54, 1.807) is 0 Å². The number of thioether (sulfide) groups is 1. The number of hydrogen-bond acceptors (Lipinski definition) is 4. The molecule has 4 heteroatoms. The fourth-order valence-electron chi connectivity index (χ4n) is 1.94. The minimum absolute atomic E-state index is 0.493. The van der Waals surface area contributed by atoms with Crippen molar-refractivity contribution < 1.29 is 0 Å². The van der Waals surface area contributed by atoms with Crippen LogP contribution in [0.5, 0.6) is 0 Å². The van der Waals surface area contributed by atoms with E-state index < -0.39 is 0 Å². The van der Waals surface area contributed by atoms with Gasteiger partial charge in [0.25, 0.3) is 0 Å². The fraction of sp³-hybridized carbons (Fsp3) is 0.667. The second-order valence-electron chi connectivity index (χ2n) is 4.48. The van der Waals surface area contributed by atoms with Gasteiger partial charge in [0.05, 0.1) is 10.9 Å². The van der Waals surface area contributed by atoms with E-state index in [0.29, 0.717) is 11.2 Å². The zero-order chi connectivity index (χ0) is 11.5. The van der Waals surface area contributed by atoms with Gasteiger partial charge < -0.3 is 5.32 Å². The first-order valence-corrected chi connectivity index (χ1v) is 6.89. The molecule has 0 saturated carbocycles. The smallest absolute Gasteiger partial charge is 0.125 e. The maximum absolute atomic E-state index is 4.65. The fourth-order valence-corrected chi connectivity index (χ4v) is 3.07. The standard InChI is InChI=1S/C12H19N3S/c1-8(2)10-6-14-9(3)15-12(10)11-7-13-4-5-16-11/h6,8,11,13H,4-5,7H2,1-3H3. The predicted octanol–water partition coefficient (Wildman–Crippen LogP) is 2.29. The van der Waals surface area contributed by atoms with Crippen LogP contribution in [-0.4, -0.2) is 28.8 Å². The molecule has 0 radical (unpaired) electrons. The first kappa shape index (κ1) is 11.9. The monoisotopic (exact) mass is 237 g/mol. The molecule has 1 unspecified atom stereocenters. The average molecular weight is 237 g/mol. The Balaban J connectivity index is 2.32. The molecular weight excluding hydrogens is 218 g/mol. The summed E-state index contributed by atoms with van der Waals surface area (Å²) in [6, 6.07) is 0. The van der Waals surface area contributed by atoms with Crippen LogP contribution in [0.3, 0.4) is 0 Å². The largest absolute Gasteiger partial charge is 0.314 e. The molecular formula is C12H19N3S. The number of hydrogen-bond donors (Lipinski definition) is 1. The van der Waals surface area contributed by atoms with E-state index >= 15 is 0 Å². The van der Waals surface area contributed by atoms with Crippen molar-refractivity contribution in [3.8, 4) is 0 Å². The summed E-state index contributed by atoms with van der Waals surface area (Å²) in [5, 5.41) is 3.93. The summed E-state index contributed by atoms with van der Waals surface area (Å²) in [7, 11) is 0. The van der Waals surface area contributed by atoms with Crippen LogP contribution in [0.2, 0.25) is 0 Å². The van der Waals surface area contributed by atoms with Crippen molar-refractivity contribution in [1.29, 1.82) is 0 Å². The van der Waals surface area contributed by atoms with Crippen LogP contribution in [0.1, 0.15) is 42.1 Å². The van der Waals surface area contributed by atoms with Crippen molar-refractivity contribution in [1.82, 2.24) is 15.3 Å². The molecule has 0 spiro atoms. The Morgan fingerprint density at radius 1 is 1.50 bits per heavy atom. The lowest BCUT2D eigenvalue weighted by Crippen LogP contribution is -2.29. The summed E-state index contributed by atoms with van der Waals surface area (Å²) in [5.74, 6) is 2.55. The quantitative estimate of drug-likeness (QED) is 0.856. The SMILES string of the molecule is Cc1ncc(C(C)C)c(C2CNCCS2)n1. The molecule has 1 aliphatic heterocycles. The molecule has 1 fully saturated rings. The lowest BCUT2D eigenvalue weighted by molar-refractivity contribution is 0.664. The second-order valence-corrected chi connectivity index (χ2v) is 5.79. The zero-order valence-electron chi connectivity index (χ0n) is 10.2. The Morgan fingerprint density at radius 2 is 2.31 bits per heavy atom. The summed E-state index contributed by atoms with van der Waals surface area (Å²) in [6.45, 7) is 8.52. The number of aryl methyl sites for hydroxylation is 1. The van der Waals surface area contributed by atoms with Gasteiger partial charge >= 0.3 is 0 Å². The van der Waals surface area contributed by atoms with Crippen LogP contribution in [0.4, 0.5) is 0 Å². The Bertz CT molecular complexity index is 359. The molecule has 0 aromatic carbocycles. The third-order valence-electron chi connectivity index (χ3n) is 2.82. The highest BCUT2D eigenvalue weighted by Gasteiger charge is 2.21. The van der Waals surface area contributed by atoms with E-state index in [0.717, 1.165) is 18.9 Å². The first-order valence-electron chi connectivity index (χ1n) is 5.84. The van der Waals surface area contributed by atoms with Gasteiger partial charge in [-0.1, -0.05) is 13.8 Å². The predicted molar refractivity (Wildman–Crippen MR) is 68.9 cm³/mol. The van der Waals surface area contributed by atoms with Crippen LogP contribution in [0.15, 0.2) is 6.20 Å². The highest BCUT2D eigenvalue weighted by Crippen LogP contribution is 2.33. The van der Waals surface area contributed by atoms with Gasteiger partial charge in [-0.2, -0.15) is 0 Å². The van der Waals surface area contributed by atoms with Gasteiger partial charge in [0, 0.05) is 25.0 Å². The van der Waals surface area contributed by atoms with E-state index in [2.05, 4.69) is 29.1 Å². The van der Waals surface area contributed by atoms with Crippen molar-refractivity contribution in [2.75, 3.05) is 18.8 Å². The van der Waals surface area contributed by atoms with Gasteiger partial charge in [-0.05, 0) is 18.4 Å². The van der Waals surface area contributed by atoms with Crippen molar-refractivity contribution in [2.24, 2.45) is 0 Å². The summed E-state index contributed by atoms with van der Waals surface area (Å²) in [5.41, 5.74) is 2.53. The molecule has 1 N–H and O–H groups in total. The number of rotatable bonds is 2. The molecule has 1 atom stereocenters. The maximum Gasteiger partial charge on any atom is 0.125 e. The zero-order valence-corrected chi connectivity index (χ0v) is 11.0. The Kier molecular flexibility index (Phi) is 3.82. The van der Waals surface area contributed by atoms with Crippen LogP contribution in [0, 0.1) is 6.92 Å². The highest BCUT2D eigenvalue weighted by molar-refractivity contribution is 7.99. The topological polar surface area (TPSA) is 37.8 Å². The third-order valence-corrected chi connectivity index (χ3v) is 4.06. The third kappa shape index (κ3) is 2.55.